The first-order valence-corrected chi connectivity index (χ1v) is 7.34. The minimum atomic E-state index is 0.140. The fourth-order valence-electron chi connectivity index (χ4n) is 1.20. The van der Waals surface area contributed by atoms with Crippen LogP contribution in [0.1, 0.15) is 23.7 Å². The first-order valence-electron chi connectivity index (χ1n) is 4.97. The molecule has 0 aliphatic heterocycles. The highest BCUT2D eigenvalue weighted by molar-refractivity contribution is 7.99. The molecule has 1 aromatic carbocycles. The summed E-state index contributed by atoms with van der Waals surface area (Å²) in [6, 6.07) is 7.87. The lowest BCUT2D eigenvalue weighted by atomic mass is 10.2. The maximum atomic E-state index is 11.2. The van der Waals surface area contributed by atoms with Gasteiger partial charge in [0, 0.05) is 10.5 Å². The van der Waals surface area contributed by atoms with Crippen molar-refractivity contribution >= 4 is 29.3 Å². The molecule has 0 saturated heterocycles. The van der Waals surface area contributed by atoms with Crippen LogP contribution < -0.4 is 0 Å². The van der Waals surface area contributed by atoms with Crippen LogP contribution >= 0.6 is 23.5 Å². The smallest absolute Gasteiger partial charge is 0.159 e. The first-order chi connectivity index (χ1) is 7.24. The van der Waals surface area contributed by atoms with Gasteiger partial charge in [0.1, 0.15) is 0 Å². The maximum absolute atomic E-state index is 11.2. The Balaban J connectivity index is 2.47. The monoisotopic (exact) mass is 240 g/mol. The van der Waals surface area contributed by atoms with E-state index in [4.69, 9.17) is 0 Å². The molecule has 0 unspecified atom stereocenters. The molecule has 0 spiro atoms. The van der Waals surface area contributed by atoms with E-state index in [9.17, 15) is 4.79 Å². The van der Waals surface area contributed by atoms with E-state index < -0.39 is 0 Å². The summed E-state index contributed by atoms with van der Waals surface area (Å²) in [5.41, 5.74) is 0.810. The second-order valence-corrected chi connectivity index (χ2v) is 5.43. The van der Waals surface area contributed by atoms with Crippen molar-refractivity contribution in [1.82, 2.24) is 0 Å². The van der Waals surface area contributed by atoms with E-state index in [1.54, 1.807) is 6.92 Å². The van der Waals surface area contributed by atoms with Gasteiger partial charge in [-0.15, -0.1) is 11.8 Å². The maximum Gasteiger partial charge on any atom is 0.159 e. The molecule has 3 heteroatoms. The Morgan fingerprint density at radius 2 is 2.13 bits per heavy atom. The third kappa shape index (κ3) is 4.76. The Labute approximate surface area is 100 Å². The van der Waals surface area contributed by atoms with E-state index >= 15 is 0 Å². The SMILES string of the molecule is CSCCCSc1cccc(C(C)=O)c1. The average molecular weight is 240 g/mol. The van der Waals surface area contributed by atoms with Crippen molar-refractivity contribution in [3.63, 3.8) is 0 Å². The van der Waals surface area contributed by atoms with Crippen molar-refractivity contribution in [2.75, 3.05) is 17.8 Å². The lowest BCUT2D eigenvalue weighted by Gasteiger charge is -2.02. The van der Waals surface area contributed by atoms with Crippen LogP contribution in [0, 0.1) is 0 Å². The van der Waals surface area contributed by atoms with Crippen LogP contribution in [0.25, 0.3) is 0 Å². The molecular weight excluding hydrogens is 224 g/mol. The summed E-state index contributed by atoms with van der Waals surface area (Å²) in [7, 11) is 0. The van der Waals surface area contributed by atoms with Gasteiger partial charge in [-0.25, -0.2) is 0 Å². The molecule has 0 saturated carbocycles. The molecule has 82 valence electrons. The fourth-order valence-corrected chi connectivity index (χ4v) is 2.72. The average Bonchev–Trinajstić information content (AvgIpc) is 2.25. The van der Waals surface area contributed by atoms with Gasteiger partial charge >= 0.3 is 0 Å². The van der Waals surface area contributed by atoms with E-state index in [0.29, 0.717) is 0 Å². The van der Waals surface area contributed by atoms with Gasteiger partial charge in [-0.2, -0.15) is 11.8 Å². The Kier molecular flexibility index (Phi) is 5.88. The minimum absolute atomic E-state index is 0.140. The minimum Gasteiger partial charge on any atom is -0.295 e. The van der Waals surface area contributed by atoms with Crippen molar-refractivity contribution in [3.05, 3.63) is 29.8 Å². The number of thioether (sulfide) groups is 2. The molecule has 0 bridgehead atoms. The molecule has 15 heavy (non-hydrogen) atoms. The summed E-state index contributed by atoms with van der Waals surface area (Å²) in [5, 5.41) is 0. The molecule has 1 aromatic rings. The van der Waals surface area contributed by atoms with Crippen molar-refractivity contribution in [1.29, 1.82) is 0 Å². The fraction of sp³-hybridized carbons (Fsp3) is 0.417. The summed E-state index contributed by atoms with van der Waals surface area (Å²) in [6.07, 6.45) is 3.34. The van der Waals surface area contributed by atoms with E-state index in [0.717, 1.165) is 11.3 Å². The van der Waals surface area contributed by atoms with Crippen molar-refractivity contribution in [3.8, 4) is 0 Å². The van der Waals surface area contributed by atoms with Crippen LogP contribution in [0.15, 0.2) is 29.2 Å². The van der Waals surface area contributed by atoms with E-state index in [-0.39, 0.29) is 5.78 Å². The summed E-state index contributed by atoms with van der Waals surface area (Å²) in [4.78, 5) is 12.4. The molecule has 0 aromatic heterocycles. The van der Waals surface area contributed by atoms with Gasteiger partial charge in [0.15, 0.2) is 5.78 Å². The largest absolute Gasteiger partial charge is 0.295 e. The zero-order valence-corrected chi connectivity index (χ0v) is 10.8. The Hall–Kier alpha value is -0.410. The summed E-state index contributed by atoms with van der Waals surface area (Å²) < 4.78 is 0. The zero-order chi connectivity index (χ0) is 11.1. The highest BCUT2D eigenvalue weighted by atomic mass is 32.2. The topological polar surface area (TPSA) is 17.1 Å². The van der Waals surface area contributed by atoms with E-state index in [1.165, 1.54) is 17.1 Å². The van der Waals surface area contributed by atoms with Crippen LogP contribution in [0.4, 0.5) is 0 Å². The van der Waals surface area contributed by atoms with Crippen molar-refractivity contribution in [2.24, 2.45) is 0 Å². The number of hydrogen-bond acceptors (Lipinski definition) is 3. The first kappa shape index (κ1) is 12.7. The third-order valence-corrected chi connectivity index (χ3v) is 3.78. The highest BCUT2D eigenvalue weighted by Crippen LogP contribution is 2.20. The van der Waals surface area contributed by atoms with Crippen LogP contribution in [0.3, 0.4) is 0 Å². The van der Waals surface area contributed by atoms with Crippen molar-refractivity contribution in [2.45, 2.75) is 18.2 Å². The summed E-state index contributed by atoms with van der Waals surface area (Å²) >= 11 is 3.70. The highest BCUT2D eigenvalue weighted by Gasteiger charge is 2.00. The lowest BCUT2D eigenvalue weighted by Crippen LogP contribution is -1.91. The van der Waals surface area contributed by atoms with Gasteiger partial charge in [-0.3, -0.25) is 4.79 Å². The number of carbonyl (C=O) groups excluding carboxylic acids is 1. The summed E-state index contributed by atoms with van der Waals surface area (Å²) in [5.74, 6) is 2.48. The third-order valence-electron chi connectivity index (χ3n) is 2.00. The second-order valence-electron chi connectivity index (χ2n) is 3.28. The molecule has 0 radical (unpaired) electrons. The predicted molar refractivity (Wildman–Crippen MR) is 70.2 cm³/mol. The van der Waals surface area contributed by atoms with E-state index in [1.807, 2.05) is 41.7 Å². The van der Waals surface area contributed by atoms with Gasteiger partial charge < -0.3 is 0 Å². The number of benzene rings is 1. The molecule has 1 rings (SSSR count). The molecule has 1 nitrogen and oxygen atoms in total. The van der Waals surface area contributed by atoms with Crippen molar-refractivity contribution < 1.29 is 4.79 Å². The van der Waals surface area contributed by atoms with Crippen LogP contribution in [-0.2, 0) is 0 Å². The zero-order valence-electron chi connectivity index (χ0n) is 9.16. The number of ketones is 1. The van der Waals surface area contributed by atoms with Gasteiger partial charge in [0.05, 0.1) is 0 Å². The van der Waals surface area contributed by atoms with Gasteiger partial charge in [0.2, 0.25) is 0 Å². The number of rotatable bonds is 6. The van der Waals surface area contributed by atoms with Crippen LogP contribution in [0.2, 0.25) is 0 Å². The molecule has 0 fully saturated rings. The molecule has 0 amide bonds. The van der Waals surface area contributed by atoms with Crippen LogP contribution in [-0.4, -0.2) is 23.5 Å². The van der Waals surface area contributed by atoms with Crippen LogP contribution in [0.5, 0.6) is 0 Å². The Bertz CT molecular complexity index is 323. The number of carbonyl (C=O) groups is 1. The molecule has 0 aliphatic rings. The molecule has 0 atom stereocenters. The Morgan fingerprint density at radius 3 is 2.80 bits per heavy atom. The van der Waals surface area contributed by atoms with Gasteiger partial charge in [-0.05, 0) is 43.2 Å². The Morgan fingerprint density at radius 1 is 1.33 bits per heavy atom. The quantitative estimate of drug-likeness (QED) is 0.428. The lowest BCUT2D eigenvalue weighted by molar-refractivity contribution is 0.101. The second kappa shape index (κ2) is 6.96. The molecule has 0 heterocycles. The number of Topliss-reactive ketones (excluding diaryl/α,β-unsaturated/α-hetero) is 1. The van der Waals surface area contributed by atoms with E-state index in [2.05, 4.69) is 12.3 Å². The summed E-state index contributed by atoms with van der Waals surface area (Å²) in [6.45, 7) is 1.61. The normalized spacial score (nSPS) is 10.3. The van der Waals surface area contributed by atoms with Gasteiger partial charge in [-0.1, -0.05) is 12.1 Å². The molecule has 0 aliphatic carbocycles. The molecule has 0 N–H and O–H groups in total. The molecular formula is C12H16OS2. The predicted octanol–water partition coefficient (Wildman–Crippen LogP) is 3.73. The standard InChI is InChI=1S/C12H16OS2/c1-10(13)11-5-3-6-12(9-11)15-8-4-7-14-2/h3,5-6,9H,4,7-8H2,1-2H3. The number of hydrogen-bond donors (Lipinski definition) is 0. The van der Waals surface area contributed by atoms with Gasteiger partial charge in [0.25, 0.3) is 0 Å².